The molecule has 1 atom stereocenters. The summed E-state index contributed by atoms with van der Waals surface area (Å²) in [4.78, 5) is 22.8. The van der Waals surface area contributed by atoms with E-state index in [-0.39, 0.29) is 30.5 Å². The topological polar surface area (TPSA) is 76.7 Å². The number of likely N-dealkylation sites (tertiary alicyclic amines) is 1. The van der Waals surface area contributed by atoms with E-state index in [0.29, 0.717) is 6.54 Å². The third kappa shape index (κ3) is 4.40. The molecule has 3 aliphatic rings. The SMILES string of the molecule is CC(C)(C)OC(=O)N1CCCC1c1ncc(-c2ccc(B3OC(C)(C)C(C)(C)O3)c3c2CCC3)[nH]1. The van der Waals surface area contributed by atoms with Crippen LogP contribution in [0.3, 0.4) is 0 Å². The molecule has 8 heteroatoms. The summed E-state index contributed by atoms with van der Waals surface area (Å²) in [6.07, 6.45) is 6.63. The number of H-pyrrole nitrogens is 1. The van der Waals surface area contributed by atoms with Crippen LogP contribution in [0, 0.1) is 0 Å². The van der Waals surface area contributed by atoms with Crippen LogP contribution in [0.2, 0.25) is 0 Å². The van der Waals surface area contributed by atoms with E-state index < -0.39 is 5.60 Å². The summed E-state index contributed by atoms with van der Waals surface area (Å²) in [5, 5.41) is 0. The number of ether oxygens (including phenoxy) is 1. The molecule has 0 spiro atoms. The third-order valence-corrected chi connectivity index (χ3v) is 7.91. The molecule has 2 aliphatic heterocycles. The number of aromatic nitrogens is 2. The van der Waals surface area contributed by atoms with Gasteiger partial charge in [0.25, 0.3) is 0 Å². The Hall–Kier alpha value is -2.32. The molecule has 2 aromatic rings. The Bertz CT molecular complexity index is 1120. The van der Waals surface area contributed by atoms with Gasteiger partial charge in [0, 0.05) is 12.1 Å². The lowest BCUT2D eigenvalue weighted by Gasteiger charge is -2.32. The first-order valence-electron chi connectivity index (χ1n) is 12.9. The van der Waals surface area contributed by atoms with Gasteiger partial charge in [0.15, 0.2) is 0 Å². The maximum atomic E-state index is 12.8. The molecule has 0 saturated carbocycles. The molecule has 2 saturated heterocycles. The molecule has 188 valence electrons. The van der Waals surface area contributed by atoms with E-state index in [2.05, 4.69) is 44.8 Å². The molecular formula is C27H38BN3O4. The Labute approximate surface area is 209 Å². The molecule has 2 fully saturated rings. The summed E-state index contributed by atoms with van der Waals surface area (Å²) in [6, 6.07) is 4.24. The quantitative estimate of drug-likeness (QED) is 0.632. The zero-order chi connectivity index (χ0) is 25.2. The lowest BCUT2D eigenvalue weighted by Crippen LogP contribution is -2.41. The highest BCUT2D eigenvalue weighted by molar-refractivity contribution is 6.62. The molecule has 35 heavy (non-hydrogen) atoms. The maximum Gasteiger partial charge on any atom is 0.495 e. The van der Waals surface area contributed by atoms with Gasteiger partial charge >= 0.3 is 13.2 Å². The fraction of sp³-hybridized carbons (Fsp3) is 0.630. The van der Waals surface area contributed by atoms with Crippen LogP contribution in [0.15, 0.2) is 18.3 Å². The number of nitrogens with zero attached hydrogens (tertiary/aromatic N) is 2. The highest BCUT2D eigenvalue weighted by atomic mass is 16.7. The van der Waals surface area contributed by atoms with Crippen molar-refractivity contribution in [3.05, 3.63) is 35.3 Å². The standard InChI is InChI=1S/C27H38BN3O4/c1-25(2,3)33-24(32)31-15-9-12-22(31)23-29-16-21(30-23)19-13-14-20(18-11-8-10-17(18)19)28-34-26(4,5)27(6,7)35-28/h13-14,16,22H,8-12,15H2,1-7H3,(H,29,30). The van der Waals surface area contributed by atoms with E-state index >= 15 is 0 Å². The van der Waals surface area contributed by atoms with Gasteiger partial charge in [-0.1, -0.05) is 12.1 Å². The van der Waals surface area contributed by atoms with Crippen LogP contribution >= 0.6 is 0 Å². The summed E-state index contributed by atoms with van der Waals surface area (Å²) in [5.74, 6) is 0.824. The predicted octanol–water partition coefficient (Wildman–Crippen LogP) is 4.94. The summed E-state index contributed by atoms with van der Waals surface area (Å²) < 4.78 is 18.4. The Morgan fingerprint density at radius 3 is 2.49 bits per heavy atom. The van der Waals surface area contributed by atoms with E-state index in [0.717, 1.165) is 49.1 Å². The van der Waals surface area contributed by atoms with Crippen LogP contribution in [0.4, 0.5) is 4.79 Å². The molecule has 1 aromatic carbocycles. The minimum absolute atomic E-state index is 0.0873. The minimum atomic E-state index is -0.516. The fourth-order valence-electron chi connectivity index (χ4n) is 5.41. The monoisotopic (exact) mass is 479 g/mol. The second-order valence-electron chi connectivity index (χ2n) is 12.1. The Balaban J connectivity index is 1.41. The molecule has 1 aliphatic carbocycles. The number of hydrogen-bond donors (Lipinski definition) is 1. The molecule has 1 aromatic heterocycles. The van der Waals surface area contributed by atoms with Crippen LogP contribution in [-0.4, -0.2) is 51.4 Å². The number of rotatable bonds is 3. The van der Waals surface area contributed by atoms with Gasteiger partial charge in [0.2, 0.25) is 0 Å². The van der Waals surface area contributed by atoms with E-state index in [4.69, 9.17) is 19.0 Å². The van der Waals surface area contributed by atoms with Gasteiger partial charge in [-0.15, -0.1) is 0 Å². The number of carbonyl (C=O) groups is 1. The van der Waals surface area contributed by atoms with Gasteiger partial charge in [0.1, 0.15) is 11.4 Å². The second kappa shape index (κ2) is 8.37. The normalized spacial score (nSPS) is 23.1. The number of imidazole rings is 1. The highest BCUT2D eigenvalue weighted by Gasteiger charge is 2.52. The van der Waals surface area contributed by atoms with Crippen LogP contribution in [0.1, 0.15) is 90.7 Å². The Morgan fingerprint density at radius 2 is 1.80 bits per heavy atom. The maximum absolute atomic E-state index is 12.8. The van der Waals surface area contributed by atoms with Crippen molar-refractivity contribution in [2.24, 2.45) is 0 Å². The number of fused-ring (bicyclic) bond motifs is 1. The summed E-state index contributed by atoms with van der Waals surface area (Å²) >= 11 is 0. The van der Waals surface area contributed by atoms with Crippen molar-refractivity contribution >= 4 is 18.7 Å². The average molecular weight is 479 g/mol. The Morgan fingerprint density at radius 1 is 1.11 bits per heavy atom. The number of hydrogen-bond acceptors (Lipinski definition) is 5. The molecular weight excluding hydrogens is 441 g/mol. The summed E-state index contributed by atoms with van der Waals surface area (Å²) in [6.45, 7) is 14.8. The van der Waals surface area contributed by atoms with Crippen molar-refractivity contribution in [2.75, 3.05) is 6.54 Å². The van der Waals surface area contributed by atoms with Gasteiger partial charge in [-0.05, 0) is 97.2 Å². The molecule has 3 heterocycles. The number of benzene rings is 1. The van der Waals surface area contributed by atoms with Crippen LogP contribution in [-0.2, 0) is 26.9 Å². The lowest BCUT2D eigenvalue weighted by molar-refractivity contribution is 0.00578. The molecule has 5 rings (SSSR count). The van der Waals surface area contributed by atoms with Crippen molar-refractivity contribution in [3.8, 4) is 11.3 Å². The molecule has 7 nitrogen and oxygen atoms in total. The first-order valence-corrected chi connectivity index (χ1v) is 12.9. The zero-order valence-electron chi connectivity index (χ0n) is 22.2. The van der Waals surface area contributed by atoms with Crippen molar-refractivity contribution in [3.63, 3.8) is 0 Å². The molecule has 0 bridgehead atoms. The van der Waals surface area contributed by atoms with Crippen LogP contribution in [0.5, 0.6) is 0 Å². The van der Waals surface area contributed by atoms with E-state index in [1.807, 2.05) is 27.0 Å². The van der Waals surface area contributed by atoms with Gasteiger partial charge in [0.05, 0.1) is 29.1 Å². The second-order valence-corrected chi connectivity index (χ2v) is 12.1. The highest BCUT2D eigenvalue weighted by Crippen LogP contribution is 2.39. The molecule has 1 amide bonds. The fourth-order valence-corrected chi connectivity index (χ4v) is 5.41. The number of nitrogens with one attached hydrogen (secondary N) is 1. The smallest absolute Gasteiger partial charge is 0.444 e. The number of aromatic amines is 1. The predicted molar refractivity (Wildman–Crippen MR) is 137 cm³/mol. The minimum Gasteiger partial charge on any atom is -0.444 e. The number of carbonyl (C=O) groups excluding carboxylic acids is 1. The van der Waals surface area contributed by atoms with E-state index in [1.165, 1.54) is 16.7 Å². The van der Waals surface area contributed by atoms with Gasteiger partial charge < -0.3 is 19.0 Å². The van der Waals surface area contributed by atoms with Crippen molar-refractivity contribution in [2.45, 2.75) is 103 Å². The van der Waals surface area contributed by atoms with Crippen molar-refractivity contribution in [1.82, 2.24) is 14.9 Å². The lowest BCUT2D eigenvalue weighted by atomic mass is 9.74. The summed E-state index contributed by atoms with van der Waals surface area (Å²) in [7, 11) is -0.348. The zero-order valence-corrected chi connectivity index (χ0v) is 22.2. The van der Waals surface area contributed by atoms with Crippen molar-refractivity contribution < 1.29 is 18.8 Å². The van der Waals surface area contributed by atoms with E-state index in [9.17, 15) is 4.79 Å². The van der Waals surface area contributed by atoms with Crippen LogP contribution < -0.4 is 5.46 Å². The van der Waals surface area contributed by atoms with Crippen LogP contribution in [0.25, 0.3) is 11.3 Å². The first kappa shape index (κ1) is 24.4. The summed E-state index contributed by atoms with van der Waals surface area (Å²) in [5.41, 5.74) is 4.77. The Kier molecular flexibility index (Phi) is 5.83. The first-order chi connectivity index (χ1) is 16.4. The largest absolute Gasteiger partial charge is 0.495 e. The van der Waals surface area contributed by atoms with Gasteiger partial charge in [-0.3, -0.25) is 4.90 Å². The van der Waals surface area contributed by atoms with Gasteiger partial charge in [-0.25, -0.2) is 9.78 Å². The van der Waals surface area contributed by atoms with Gasteiger partial charge in [-0.2, -0.15) is 0 Å². The molecule has 1 unspecified atom stereocenters. The third-order valence-electron chi connectivity index (χ3n) is 7.91. The van der Waals surface area contributed by atoms with Crippen molar-refractivity contribution in [1.29, 1.82) is 0 Å². The van der Waals surface area contributed by atoms with E-state index in [1.54, 1.807) is 4.90 Å². The number of amides is 1. The molecule has 1 N–H and O–H groups in total. The molecule has 0 radical (unpaired) electrons. The average Bonchev–Trinajstić information content (AvgIpc) is 3.52.